The Hall–Kier alpha value is -2.91. The maximum Gasteiger partial charge on any atom is 0.213 e. The molecule has 0 unspecified atom stereocenters. The zero-order valence-corrected chi connectivity index (χ0v) is 13.3. The quantitative estimate of drug-likeness (QED) is 0.573. The van der Waals surface area contributed by atoms with Gasteiger partial charge in [-0.15, -0.1) is 10.2 Å². The summed E-state index contributed by atoms with van der Waals surface area (Å²) in [5.74, 6) is 0. The molecule has 4 rings (SSSR count). The van der Waals surface area contributed by atoms with Gasteiger partial charge in [-0.2, -0.15) is 5.10 Å². The minimum absolute atomic E-state index is 0.00345. The number of nitrogens with one attached hydrogen (secondary N) is 1. The van der Waals surface area contributed by atoms with E-state index < -0.39 is 0 Å². The first-order valence-corrected chi connectivity index (χ1v) is 8.08. The number of aromatic amines is 1. The Morgan fingerprint density at radius 3 is 2.96 bits per heavy atom. The molecule has 0 bridgehead atoms. The molecule has 2 N–H and O–H groups in total. The normalized spacial score (nSPS) is 11.0. The van der Waals surface area contributed by atoms with Crippen LogP contribution in [-0.2, 0) is 0 Å². The Kier molecular flexibility index (Phi) is 3.85. The van der Waals surface area contributed by atoms with Crippen molar-refractivity contribution in [2.24, 2.45) is 0 Å². The van der Waals surface area contributed by atoms with Crippen molar-refractivity contribution in [3.05, 3.63) is 43.0 Å². The molecule has 4 aromatic rings. The molecule has 8 nitrogen and oxygen atoms in total. The van der Waals surface area contributed by atoms with Gasteiger partial charge in [0.25, 0.3) is 0 Å². The van der Waals surface area contributed by atoms with E-state index >= 15 is 0 Å². The van der Waals surface area contributed by atoms with Gasteiger partial charge in [0.05, 0.1) is 24.5 Å². The van der Waals surface area contributed by atoms with Crippen molar-refractivity contribution in [2.75, 3.05) is 18.1 Å². The van der Waals surface area contributed by atoms with Gasteiger partial charge in [0, 0.05) is 30.0 Å². The standard InChI is InChI=1S/C15H13N7OS/c23-6-5-22(11-1-2-12-10(7-11)8-18-19-12)15-21-20-14(24-15)13-9-16-3-4-17-13/h1-4,7-9,23H,5-6H2,(H,18,19). The van der Waals surface area contributed by atoms with Crippen LogP contribution in [0.15, 0.2) is 43.0 Å². The number of nitrogens with zero attached hydrogens (tertiary/aromatic N) is 6. The van der Waals surface area contributed by atoms with Gasteiger partial charge in [-0.1, -0.05) is 11.3 Å². The number of aliphatic hydroxyl groups excluding tert-OH is 1. The number of hydrogen-bond donors (Lipinski definition) is 2. The highest BCUT2D eigenvalue weighted by molar-refractivity contribution is 7.18. The zero-order chi connectivity index (χ0) is 16.4. The molecular weight excluding hydrogens is 326 g/mol. The Morgan fingerprint density at radius 1 is 1.17 bits per heavy atom. The first kappa shape index (κ1) is 14.7. The third-order valence-corrected chi connectivity index (χ3v) is 4.46. The zero-order valence-electron chi connectivity index (χ0n) is 12.5. The fraction of sp³-hybridized carbons (Fsp3) is 0.133. The largest absolute Gasteiger partial charge is 0.395 e. The van der Waals surface area contributed by atoms with Crippen LogP contribution in [-0.4, -0.2) is 48.6 Å². The Bertz CT molecular complexity index is 953. The third-order valence-electron chi connectivity index (χ3n) is 3.49. The van der Waals surface area contributed by atoms with Crippen LogP contribution < -0.4 is 4.90 Å². The van der Waals surface area contributed by atoms with E-state index in [1.807, 2.05) is 23.1 Å². The van der Waals surface area contributed by atoms with Crippen LogP contribution in [0.5, 0.6) is 0 Å². The first-order chi connectivity index (χ1) is 11.8. The lowest BCUT2D eigenvalue weighted by atomic mass is 10.2. The Morgan fingerprint density at radius 2 is 2.12 bits per heavy atom. The Balaban J connectivity index is 1.71. The van der Waals surface area contributed by atoms with Gasteiger partial charge in [-0.3, -0.25) is 15.1 Å². The molecule has 0 aliphatic rings. The predicted octanol–water partition coefficient (Wildman–Crippen LogP) is 2.00. The van der Waals surface area contributed by atoms with Crippen LogP contribution >= 0.6 is 11.3 Å². The van der Waals surface area contributed by atoms with Gasteiger partial charge >= 0.3 is 0 Å². The summed E-state index contributed by atoms with van der Waals surface area (Å²) in [5.41, 5.74) is 2.55. The number of aliphatic hydroxyl groups is 1. The molecule has 1 aromatic carbocycles. The summed E-state index contributed by atoms with van der Waals surface area (Å²) < 4.78 is 0. The summed E-state index contributed by atoms with van der Waals surface area (Å²) in [5, 5.41) is 27.2. The number of fused-ring (bicyclic) bond motifs is 1. The topological polar surface area (TPSA) is 104 Å². The smallest absolute Gasteiger partial charge is 0.213 e. The molecule has 0 atom stereocenters. The summed E-state index contributed by atoms with van der Waals surface area (Å²) in [6.07, 6.45) is 6.65. The average molecular weight is 339 g/mol. The van der Waals surface area contributed by atoms with E-state index in [2.05, 4.69) is 30.4 Å². The number of rotatable bonds is 5. The van der Waals surface area contributed by atoms with Crippen molar-refractivity contribution in [3.63, 3.8) is 0 Å². The van der Waals surface area contributed by atoms with Gasteiger partial charge in [0.2, 0.25) is 5.13 Å². The average Bonchev–Trinajstić information content (AvgIpc) is 3.29. The van der Waals surface area contributed by atoms with Gasteiger partial charge in [-0.25, -0.2) is 0 Å². The molecule has 0 radical (unpaired) electrons. The molecule has 0 amide bonds. The van der Waals surface area contributed by atoms with Crippen LogP contribution in [0.25, 0.3) is 21.6 Å². The minimum Gasteiger partial charge on any atom is -0.395 e. The van der Waals surface area contributed by atoms with Crippen molar-refractivity contribution in [1.29, 1.82) is 0 Å². The lowest BCUT2D eigenvalue weighted by molar-refractivity contribution is 0.305. The van der Waals surface area contributed by atoms with Crippen molar-refractivity contribution in [1.82, 2.24) is 30.4 Å². The number of anilines is 2. The molecule has 3 aromatic heterocycles. The highest BCUT2D eigenvalue weighted by Crippen LogP contribution is 2.32. The van der Waals surface area contributed by atoms with Crippen LogP contribution in [0.4, 0.5) is 10.8 Å². The summed E-state index contributed by atoms with van der Waals surface area (Å²) in [6, 6.07) is 5.91. The lowest BCUT2D eigenvalue weighted by Crippen LogP contribution is -2.20. The highest BCUT2D eigenvalue weighted by Gasteiger charge is 2.16. The molecule has 0 fully saturated rings. The second-order valence-electron chi connectivity index (χ2n) is 5.00. The summed E-state index contributed by atoms with van der Waals surface area (Å²) >= 11 is 1.40. The van der Waals surface area contributed by atoms with E-state index in [4.69, 9.17) is 0 Å². The molecule has 0 aliphatic carbocycles. The monoisotopic (exact) mass is 339 g/mol. The Labute approximate surface area is 140 Å². The molecule has 9 heteroatoms. The van der Waals surface area contributed by atoms with E-state index in [-0.39, 0.29) is 6.61 Å². The van der Waals surface area contributed by atoms with Crippen molar-refractivity contribution in [2.45, 2.75) is 0 Å². The van der Waals surface area contributed by atoms with Gasteiger partial charge in [-0.05, 0) is 18.2 Å². The summed E-state index contributed by atoms with van der Waals surface area (Å²) in [4.78, 5) is 10.2. The number of H-pyrrole nitrogens is 1. The van der Waals surface area contributed by atoms with Crippen molar-refractivity contribution < 1.29 is 5.11 Å². The van der Waals surface area contributed by atoms with E-state index in [1.165, 1.54) is 11.3 Å². The molecule has 120 valence electrons. The second kappa shape index (κ2) is 6.30. The lowest BCUT2D eigenvalue weighted by Gasteiger charge is -2.20. The van der Waals surface area contributed by atoms with Gasteiger partial charge < -0.3 is 10.0 Å². The van der Waals surface area contributed by atoms with Crippen LogP contribution in [0.1, 0.15) is 0 Å². The number of hydrogen-bond acceptors (Lipinski definition) is 8. The predicted molar refractivity (Wildman–Crippen MR) is 91.1 cm³/mol. The van der Waals surface area contributed by atoms with Crippen molar-refractivity contribution >= 4 is 33.1 Å². The summed E-state index contributed by atoms with van der Waals surface area (Å²) in [6.45, 7) is 0.419. The fourth-order valence-corrected chi connectivity index (χ4v) is 3.22. The van der Waals surface area contributed by atoms with Gasteiger partial charge in [0.1, 0.15) is 5.69 Å². The molecule has 24 heavy (non-hydrogen) atoms. The fourth-order valence-electron chi connectivity index (χ4n) is 2.37. The van der Waals surface area contributed by atoms with E-state index in [0.717, 1.165) is 16.6 Å². The van der Waals surface area contributed by atoms with E-state index in [9.17, 15) is 5.11 Å². The van der Waals surface area contributed by atoms with Gasteiger partial charge in [0.15, 0.2) is 5.01 Å². The van der Waals surface area contributed by atoms with E-state index in [1.54, 1.807) is 24.8 Å². The number of aromatic nitrogens is 6. The first-order valence-electron chi connectivity index (χ1n) is 7.26. The minimum atomic E-state index is 0.00345. The van der Waals surface area contributed by atoms with E-state index in [0.29, 0.717) is 22.4 Å². The molecule has 0 saturated carbocycles. The molecule has 0 aliphatic heterocycles. The van der Waals surface area contributed by atoms with Crippen molar-refractivity contribution in [3.8, 4) is 10.7 Å². The molecule has 0 saturated heterocycles. The molecule has 3 heterocycles. The maximum atomic E-state index is 9.43. The second-order valence-corrected chi connectivity index (χ2v) is 5.95. The number of benzene rings is 1. The van der Waals surface area contributed by atoms with Crippen LogP contribution in [0.2, 0.25) is 0 Å². The molecule has 0 spiro atoms. The highest BCUT2D eigenvalue weighted by atomic mass is 32.1. The summed E-state index contributed by atoms with van der Waals surface area (Å²) in [7, 11) is 0. The van der Waals surface area contributed by atoms with Crippen LogP contribution in [0, 0.1) is 0 Å². The SMILES string of the molecule is OCCN(c1ccc2[nH]ncc2c1)c1nnc(-c2cnccn2)s1. The van der Waals surface area contributed by atoms with Crippen LogP contribution in [0.3, 0.4) is 0 Å². The molecular formula is C15H13N7OS. The maximum absolute atomic E-state index is 9.43. The third kappa shape index (κ3) is 2.70.